The fraction of sp³-hybridized carbons (Fsp3) is 0.231. The second kappa shape index (κ2) is 6.46. The number of para-hydroxylation sites is 1. The summed E-state index contributed by atoms with van der Waals surface area (Å²) < 4.78 is 1.90. The van der Waals surface area contributed by atoms with E-state index < -0.39 is 10.8 Å². The third-order valence-electron chi connectivity index (χ3n) is 2.78. The second-order valence-corrected chi connectivity index (χ2v) is 4.18. The molecule has 1 heterocycles. The number of hydrogen-bond acceptors (Lipinski definition) is 4. The van der Waals surface area contributed by atoms with Gasteiger partial charge in [0.25, 0.3) is 11.6 Å². The van der Waals surface area contributed by atoms with E-state index in [1.54, 1.807) is 18.6 Å². The number of nitro groups is 1. The molecule has 0 spiro atoms. The van der Waals surface area contributed by atoms with E-state index in [-0.39, 0.29) is 11.3 Å². The Bertz CT molecular complexity index is 595. The quantitative estimate of drug-likeness (QED) is 0.492. The van der Waals surface area contributed by atoms with E-state index in [1.807, 2.05) is 10.8 Å². The van der Waals surface area contributed by atoms with E-state index >= 15 is 0 Å². The van der Waals surface area contributed by atoms with Gasteiger partial charge in [-0.15, -0.1) is 0 Å². The number of carbonyl (C=O) groups excluding carboxylic acids is 1. The molecule has 2 aromatic rings. The number of benzene rings is 1. The summed E-state index contributed by atoms with van der Waals surface area (Å²) in [5.74, 6) is -0.428. The lowest BCUT2D eigenvalue weighted by molar-refractivity contribution is -0.385. The Kier molecular flexibility index (Phi) is 4.43. The van der Waals surface area contributed by atoms with Crippen molar-refractivity contribution in [3.8, 4) is 0 Å². The summed E-state index contributed by atoms with van der Waals surface area (Å²) >= 11 is 0. The van der Waals surface area contributed by atoms with E-state index in [1.165, 1.54) is 18.2 Å². The van der Waals surface area contributed by atoms with Crippen molar-refractivity contribution in [1.82, 2.24) is 14.9 Å². The number of nitrogens with zero attached hydrogens (tertiary/aromatic N) is 3. The Hall–Kier alpha value is -2.70. The van der Waals surface area contributed by atoms with Gasteiger partial charge in [0.05, 0.1) is 11.3 Å². The maximum Gasteiger partial charge on any atom is 0.282 e. The Labute approximate surface area is 115 Å². The van der Waals surface area contributed by atoms with Gasteiger partial charge in [-0.2, -0.15) is 0 Å². The number of carbonyl (C=O) groups is 1. The summed E-state index contributed by atoms with van der Waals surface area (Å²) in [7, 11) is 0. The Morgan fingerprint density at radius 1 is 1.40 bits per heavy atom. The van der Waals surface area contributed by atoms with E-state index in [0.29, 0.717) is 6.54 Å². The van der Waals surface area contributed by atoms with E-state index in [0.717, 1.165) is 13.0 Å². The van der Waals surface area contributed by atoms with Crippen LogP contribution >= 0.6 is 0 Å². The summed E-state index contributed by atoms with van der Waals surface area (Å²) in [6.07, 6.45) is 5.95. The summed E-state index contributed by atoms with van der Waals surface area (Å²) in [4.78, 5) is 26.1. The first-order valence-electron chi connectivity index (χ1n) is 6.16. The van der Waals surface area contributed by atoms with Gasteiger partial charge in [-0.05, 0) is 12.5 Å². The zero-order valence-electron chi connectivity index (χ0n) is 10.7. The minimum Gasteiger partial charge on any atom is -0.352 e. The normalized spacial score (nSPS) is 10.2. The molecule has 0 saturated heterocycles. The molecule has 1 aromatic carbocycles. The summed E-state index contributed by atoms with van der Waals surface area (Å²) in [5.41, 5.74) is -0.0975. The number of aryl methyl sites for hydroxylation is 1. The predicted molar refractivity (Wildman–Crippen MR) is 72.3 cm³/mol. The molecule has 20 heavy (non-hydrogen) atoms. The van der Waals surface area contributed by atoms with Crippen molar-refractivity contribution < 1.29 is 9.72 Å². The predicted octanol–water partition coefficient (Wildman–Crippen LogP) is 1.61. The van der Waals surface area contributed by atoms with Crippen LogP contribution in [-0.2, 0) is 6.54 Å². The maximum atomic E-state index is 11.9. The van der Waals surface area contributed by atoms with Crippen molar-refractivity contribution in [2.24, 2.45) is 0 Å². The number of nitrogens with one attached hydrogen (secondary N) is 1. The smallest absolute Gasteiger partial charge is 0.282 e. The summed E-state index contributed by atoms with van der Waals surface area (Å²) in [6.45, 7) is 1.18. The van der Waals surface area contributed by atoms with Crippen LogP contribution in [0.25, 0.3) is 0 Å². The SMILES string of the molecule is O=C(NCCCn1ccnc1)c1ccccc1[N+](=O)[O-]. The number of aromatic nitrogens is 2. The molecule has 0 aliphatic heterocycles. The first kappa shape index (κ1) is 13.7. The molecule has 0 atom stereocenters. The lowest BCUT2D eigenvalue weighted by atomic mass is 10.1. The molecule has 1 N–H and O–H groups in total. The summed E-state index contributed by atoms with van der Waals surface area (Å²) in [6, 6.07) is 5.91. The van der Waals surface area contributed by atoms with Crippen LogP contribution < -0.4 is 5.32 Å². The van der Waals surface area contributed by atoms with Crippen molar-refractivity contribution in [3.63, 3.8) is 0 Å². The van der Waals surface area contributed by atoms with Gasteiger partial charge in [-0.1, -0.05) is 12.1 Å². The molecule has 0 saturated carbocycles. The van der Waals surface area contributed by atoms with Gasteiger partial charge in [0.15, 0.2) is 0 Å². The van der Waals surface area contributed by atoms with Crippen LogP contribution in [-0.4, -0.2) is 26.9 Å². The fourth-order valence-corrected chi connectivity index (χ4v) is 1.80. The lowest BCUT2D eigenvalue weighted by Gasteiger charge is -2.06. The van der Waals surface area contributed by atoms with Gasteiger partial charge >= 0.3 is 0 Å². The van der Waals surface area contributed by atoms with Crippen molar-refractivity contribution in [2.45, 2.75) is 13.0 Å². The molecule has 2 rings (SSSR count). The molecule has 0 bridgehead atoms. The number of hydrogen-bond donors (Lipinski definition) is 1. The topological polar surface area (TPSA) is 90.1 Å². The average molecular weight is 274 g/mol. The van der Waals surface area contributed by atoms with Crippen LogP contribution in [0, 0.1) is 10.1 Å². The molecule has 1 amide bonds. The Balaban J connectivity index is 1.87. The van der Waals surface area contributed by atoms with Crippen LogP contribution in [0.2, 0.25) is 0 Å². The zero-order valence-corrected chi connectivity index (χ0v) is 10.7. The summed E-state index contributed by atoms with van der Waals surface area (Å²) in [5, 5.41) is 13.5. The standard InChI is InChI=1S/C13H14N4O3/c18-13(11-4-1-2-5-12(11)17(19)20)15-6-3-8-16-9-7-14-10-16/h1-2,4-5,7,9-10H,3,6,8H2,(H,15,18). The van der Waals surface area contributed by atoms with Gasteiger partial charge in [0.1, 0.15) is 5.56 Å². The van der Waals surface area contributed by atoms with E-state index in [9.17, 15) is 14.9 Å². The monoisotopic (exact) mass is 274 g/mol. The third-order valence-corrected chi connectivity index (χ3v) is 2.78. The second-order valence-electron chi connectivity index (χ2n) is 4.18. The van der Waals surface area contributed by atoms with Crippen molar-refractivity contribution in [3.05, 3.63) is 58.7 Å². The van der Waals surface area contributed by atoms with Crippen LogP contribution in [0.15, 0.2) is 43.0 Å². The zero-order chi connectivity index (χ0) is 14.4. The Morgan fingerprint density at radius 2 is 2.20 bits per heavy atom. The Morgan fingerprint density at radius 3 is 2.90 bits per heavy atom. The maximum absolute atomic E-state index is 11.9. The van der Waals surface area contributed by atoms with Crippen LogP contribution in [0.3, 0.4) is 0 Å². The fourth-order valence-electron chi connectivity index (χ4n) is 1.80. The highest BCUT2D eigenvalue weighted by Gasteiger charge is 2.18. The highest BCUT2D eigenvalue weighted by molar-refractivity contribution is 5.98. The van der Waals surface area contributed by atoms with Crippen LogP contribution in [0.4, 0.5) is 5.69 Å². The van der Waals surface area contributed by atoms with Gasteiger partial charge in [-0.25, -0.2) is 4.98 Å². The molecule has 0 fully saturated rings. The molecule has 0 unspecified atom stereocenters. The van der Waals surface area contributed by atoms with Gasteiger partial charge in [0, 0.05) is 31.5 Å². The highest BCUT2D eigenvalue weighted by Crippen LogP contribution is 2.17. The van der Waals surface area contributed by atoms with E-state index in [2.05, 4.69) is 10.3 Å². The molecule has 7 nitrogen and oxygen atoms in total. The lowest BCUT2D eigenvalue weighted by Crippen LogP contribution is -2.25. The van der Waals surface area contributed by atoms with Crippen molar-refractivity contribution in [2.75, 3.05) is 6.54 Å². The van der Waals surface area contributed by atoms with Crippen molar-refractivity contribution in [1.29, 1.82) is 0 Å². The molecule has 0 aliphatic carbocycles. The van der Waals surface area contributed by atoms with Gasteiger partial charge < -0.3 is 9.88 Å². The van der Waals surface area contributed by atoms with Crippen LogP contribution in [0.5, 0.6) is 0 Å². The van der Waals surface area contributed by atoms with Gasteiger partial charge in [0.2, 0.25) is 0 Å². The van der Waals surface area contributed by atoms with Crippen molar-refractivity contribution >= 4 is 11.6 Å². The largest absolute Gasteiger partial charge is 0.352 e. The number of rotatable bonds is 6. The van der Waals surface area contributed by atoms with Gasteiger partial charge in [-0.3, -0.25) is 14.9 Å². The molecular weight excluding hydrogens is 260 g/mol. The minimum atomic E-state index is -0.555. The molecule has 0 radical (unpaired) electrons. The molecular formula is C13H14N4O3. The average Bonchev–Trinajstić information content (AvgIpc) is 2.96. The minimum absolute atomic E-state index is 0.0835. The first-order chi connectivity index (χ1) is 9.68. The first-order valence-corrected chi connectivity index (χ1v) is 6.16. The van der Waals surface area contributed by atoms with Crippen LogP contribution in [0.1, 0.15) is 16.8 Å². The highest BCUT2D eigenvalue weighted by atomic mass is 16.6. The molecule has 7 heteroatoms. The molecule has 104 valence electrons. The number of nitro benzene ring substituents is 1. The number of amides is 1. The molecule has 0 aliphatic rings. The third kappa shape index (κ3) is 3.41. The number of imidazole rings is 1. The van der Waals surface area contributed by atoms with E-state index in [4.69, 9.17) is 0 Å². The molecule has 1 aromatic heterocycles.